The second-order valence-electron chi connectivity index (χ2n) is 9.72. The van der Waals surface area contributed by atoms with E-state index in [1.165, 1.54) is 28.9 Å². The summed E-state index contributed by atoms with van der Waals surface area (Å²) in [5, 5.41) is 27.4. The summed E-state index contributed by atoms with van der Waals surface area (Å²) < 4.78 is 21.0. The lowest BCUT2D eigenvalue weighted by molar-refractivity contribution is -0.137. The summed E-state index contributed by atoms with van der Waals surface area (Å²) in [6, 6.07) is 12.6. The zero-order valence-corrected chi connectivity index (χ0v) is 21.2. The summed E-state index contributed by atoms with van der Waals surface area (Å²) in [5.74, 6) is -2.22. The van der Waals surface area contributed by atoms with Crippen molar-refractivity contribution in [1.82, 2.24) is 15.1 Å². The number of aliphatic carboxylic acids is 1. The van der Waals surface area contributed by atoms with Crippen LogP contribution in [0, 0.1) is 11.2 Å². The topological polar surface area (TPSA) is 114 Å². The Balaban J connectivity index is 1.95. The van der Waals surface area contributed by atoms with Gasteiger partial charge in [0.05, 0.1) is 18.2 Å². The van der Waals surface area contributed by atoms with Crippen LogP contribution in [0.1, 0.15) is 56.2 Å². The first-order valence-corrected chi connectivity index (χ1v) is 11.6. The van der Waals surface area contributed by atoms with Gasteiger partial charge in [0, 0.05) is 11.1 Å². The van der Waals surface area contributed by atoms with Gasteiger partial charge in [-0.05, 0) is 42.2 Å². The van der Waals surface area contributed by atoms with Crippen LogP contribution >= 0.6 is 11.6 Å². The minimum atomic E-state index is -1.23. The van der Waals surface area contributed by atoms with Gasteiger partial charge in [0.1, 0.15) is 18.0 Å². The highest BCUT2D eigenvalue weighted by Gasteiger charge is 2.36. The Labute approximate surface area is 213 Å². The molecule has 0 aliphatic carbocycles. The number of amides is 1. The first kappa shape index (κ1) is 27.2. The molecule has 192 valence electrons. The number of hydrogen-bond acceptors (Lipinski definition) is 5. The van der Waals surface area contributed by atoms with E-state index in [4.69, 9.17) is 16.3 Å². The number of benzene rings is 2. The van der Waals surface area contributed by atoms with Gasteiger partial charge in [-0.2, -0.15) is 5.10 Å². The Morgan fingerprint density at radius 1 is 1.14 bits per heavy atom. The van der Waals surface area contributed by atoms with Crippen LogP contribution in [-0.2, 0) is 4.79 Å². The van der Waals surface area contributed by atoms with E-state index < -0.39 is 41.2 Å². The number of nitrogens with zero attached hydrogens (tertiary/aromatic N) is 2. The van der Waals surface area contributed by atoms with Gasteiger partial charge in [0.15, 0.2) is 5.69 Å². The lowest BCUT2D eigenvalue weighted by Crippen LogP contribution is -2.45. The van der Waals surface area contributed by atoms with Gasteiger partial charge in [0.2, 0.25) is 5.88 Å². The number of hydrogen-bond donors (Lipinski definition) is 3. The zero-order chi connectivity index (χ0) is 26.7. The van der Waals surface area contributed by atoms with Gasteiger partial charge in [-0.3, -0.25) is 9.59 Å². The lowest BCUT2D eigenvalue weighted by Gasteiger charge is -2.36. The van der Waals surface area contributed by atoms with Gasteiger partial charge in [-0.15, -0.1) is 0 Å². The van der Waals surface area contributed by atoms with Crippen molar-refractivity contribution in [2.45, 2.75) is 45.8 Å². The highest BCUT2D eigenvalue weighted by Crippen LogP contribution is 2.31. The third-order valence-corrected chi connectivity index (χ3v) is 6.39. The standard InChI is InChI=1S/C26H29ClFN3O5/c1-25(2,3)26(4,35)15-36-22-13-21(30-31(22)17-9-7-8-16(28)12-17)24(34)29-20(14-23(32)33)18-10-5-6-11-19(18)27/h5-13,20,35H,14-15H2,1-4H3,(H,29,34)(H,32,33)/t20-,26-/m0/s1. The van der Waals surface area contributed by atoms with Crippen LogP contribution in [0.5, 0.6) is 5.88 Å². The van der Waals surface area contributed by atoms with Crippen molar-refractivity contribution >= 4 is 23.5 Å². The maximum atomic E-state index is 13.9. The molecule has 1 aromatic heterocycles. The summed E-state index contributed by atoms with van der Waals surface area (Å²) in [7, 11) is 0. The molecule has 3 rings (SSSR count). The molecule has 0 saturated carbocycles. The van der Waals surface area contributed by atoms with E-state index in [2.05, 4.69) is 10.4 Å². The average Bonchev–Trinajstić information content (AvgIpc) is 3.21. The largest absolute Gasteiger partial charge is 0.481 e. The van der Waals surface area contributed by atoms with E-state index in [9.17, 15) is 24.2 Å². The maximum absolute atomic E-state index is 13.9. The molecule has 0 aliphatic heterocycles. The molecule has 8 nitrogen and oxygen atoms in total. The monoisotopic (exact) mass is 517 g/mol. The number of halogens is 2. The van der Waals surface area contributed by atoms with Gasteiger partial charge in [-0.25, -0.2) is 9.07 Å². The molecular weight excluding hydrogens is 489 g/mol. The smallest absolute Gasteiger partial charge is 0.305 e. The van der Waals surface area contributed by atoms with Gasteiger partial charge < -0.3 is 20.3 Å². The molecule has 0 aliphatic rings. The number of aliphatic hydroxyl groups is 1. The van der Waals surface area contributed by atoms with Crippen molar-refractivity contribution in [3.63, 3.8) is 0 Å². The van der Waals surface area contributed by atoms with Crippen molar-refractivity contribution in [2.75, 3.05) is 6.61 Å². The molecule has 3 N–H and O–H groups in total. The summed E-state index contributed by atoms with van der Waals surface area (Å²) in [6.45, 7) is 7.08. The minimum absolute atomic E-state index is 0.0906. The molecule has 2 aromatic carbocycles. The van der Waals surface area contributed by atoms with Gasteiger partial charge in [0.25, 0.3) is 5.91 Å². The Bertz CT molecular complexity index is 1250. The maximum Gasteiger partial charge on any atom is 0.305 e. The van der Waals surface area contributed by atoms with E-state index in [0.29, 0.717) is 16.3 Å². The molecule has 1 amide bonds. The van der Waals surface area contributed by atoms with Crippen molar-refractivity contribution in [1.29, 1.82) is 0 Å². The molecule has 0 radical (unpaired) electrons. The molecule has 3 aromatic rings. The predicted molar refractivity (Wildman–Crippen MR) is 133 cm³/mol. The molecular formula is C26H29ClFN3O5. The van der Waals surface area contributed by atoms with Gasteiger partial charge in [-0.1, -0.05) is 56.6 Å². The molecule has 0 bridgehead atoms. The number of carboxylic acid groups (broad SMARTS) is 1. The summed E-state index contributed by atoms with van der Waals surface area (Å²) in [6.07, 6.45) is -0.405. The summed E-state index contributed by atoms with van der Waals surface area (Å²) in [5.41, 5.74) is -1.10. The minimum Gasteiger partial charge on any atom is -0.481 e. The summed E-state index contributed by atoms with van der Waals surface area (Å²) in [4.78, 5) is 24.6. The van der Waals surface area contributed by atoms with E-state index in [-0.39, 0.29) is 18.2 Å². The third kappa shape index (κ3) is 6.41. The number of nitrogens with one attached hydrogen (secondary N) is 1. The van der Waals surface area contributed by atoms with E-state index in [1.807, 2.05) is 20.8 Å². The molecule has 0 fully saturated rings. The van der Waals surface area contributed by atoms with E-state index in [0.717, 1.165) is 0 Å². The zero-order valence-electron chi connectivity index (χ0n) is 20.5. The van der Waals surface area contributed by atoms with Crippen LogP contribution in [0.15, 0.2) is 54.6 Å². The fourth-order valence-electron chi connectivity index (χ4n) is 3.20. The van der Waals surface area contributed by atoms with Crippen LogP contribution < -0.4 is 10.1 Å². The van der Waals surface area contributed by atoms with Crippen LogP contribution in [0.25, 0.3) is 5.69 Å². The fourth-order valence-corrected chi connectivity index (χ4v) is 3.47. The molecule has 10 heteroatoms. The van der Waals surface area contributed by atoms with Crippen LogP contribution in [0.3, 0.4) is 0 Å². The van der Waals surface area contributed by atoms with Gasteiger partial charge >= 0.3 is 5.97 Å². The fraction of sp³-hybridized carbons (Fsp3) is 0.346. The van der Waals surface area contributed by atoms with Crippen molar-refractivity contribution in [3.8, 4) is 11.6 Å². The highest BCUT2D eigenvalue weighted by atomic mass is 35.5. The van der Waals surface area contributed by atoms with Crippen molar-refractivity contribution in [3.05, 3.63) is 76.7 Å². The molecule has 36 heavy (non-hydrogen) atoms. The molecule has 0 spiro atoms. The number of carbonyl (C=O) groups excluding carboxylic acids is 1. The number of rotatable bonds is 9. The third-order valence-electron chi connectivity index (χ3n) is 6.04. The second kappa shape index (κ2) is 10.7. The van der Waals surface area contributed by atoms with Crippen LogP contribution in [0.4, 0.5) is 4.39 Å². The predicted octanol–water partition coefficient (Wildman–Crippen LogP) is 4.79. The average molecular weight is 518 g/mol. The number of aromatic nitrogens is 2. The molecule has 1 heterocycles. The molecule has 2 atom stereocenters. The molecule has 0 saturated heterocycles. The normalized spacial score (nSPS) is 14.1. The Morgan fingerprint density at radius 3 is 2.44 bits per heavy atom. The first-order chi connectivity index (χ1) is 16.8. The lowest BCUT2D eigenvalue weighted by atomic mass is 9.78. The summed E-state index contributed by atoms with van der Waals surface area (Å²) >= 11 is 6.23. The van der Waals surface area contributed by atoms with Crippen LogP contribution in [-0.4, -0.2) is 44.1 Å². The number of carbonyl (C=O) groups is 2. The van der Waals surface area contributed by atoms with Crippen LogP contribution in [0.2, 0.25) is 5.02 Å². The van der Waals surface area contributed by atoms with Crippen molar-refractivity contribution in [2.24, 2.45) is 5.41 Å². The SMILES string of the molecule is CC(C)(C)[C@@](C)(O)COc1cc(C(=O)N[C@@H](CC(=O)O)c2ccccc2Cl)nn1-c1cccc(F)c1. The van der Waals surface area contributed by atoms with Crippen molar-refractivity contribution < 1.29 is 28.9 Å². The number of carboxylic acids is 1. The number of ether oxygens (including phenoxy) is 1. The second-order valence-corrected chi connectivity index (χ2v) is 10.1. The van der Waals surface area contributed by atoms with E-state index >= 15 is 0 Å². The Morgan fingerprint density at radius 2 is 1.83 bits per heavy atom. The quantitative estimate of drug-likeness (QED) is 0.376. The first-order valence-electron chi connectivity index (χ1n) is 11.3. The van der Waals surface area contributed by atoms with E-state index in [1.54, 1.807) is 37.3 Å². The Kier molecular flexibility index (Phi) is 8.05. The highest BCUT2D eigenvalue weighted by molar-refractivity contribution is 6.31. The molecule has 0 unspecified atom stereocenters. The Hall–Kier alpha value is -3.43.